The molecule has 0 radical (unpaired) electrons. The number of rotatable bonds is 1. The summed E-state index contributed by atoms with van der Waals surface area (Å²) in [7, 11) is 0. The molecule has 0 saturated heterocycles. The van der Waals surface area contributed by atoms with Gasteiger partial charge in [-0.2, -0.15) is 13.2 Å². The van der Waals surface area contributed by atoms with Crippen molar-refractivity contribution >= 4 is 11.6 Å². The summed E-state index contributed by atoms with van der Waals surface area (Å²) in [5.74, 6) is -1.10. The summed E-state index contributed by atoms with van der Waals surface area (Å²) in [6.07, 6.45) is -3.51. The van der Waals surface area contributed by atoms with Crippen molar-refractivity contribution in [1.82, 2.24) is 9.55 Å². The molecule has 0 aliphatic carbocycles. The van der Waals surface area contributed by atoms with Crippen molar-refractivity contribution in [1.29, 1.82) is 0 Å². The van der Waals surface area contributed by atoms with Crippen LogP contribution < -0.4 is 5.56 Å². The van der Waals surface area contributed by atoms with Crippen molar-refractivity contribution in [2.45, 2.75) is 13.1 Å². The van der Waals surface area contributed by atoms with Crippen molar-refractivity contribution in [2.75, 3.05) is 0 Å². The van der Waals surface area contributed by atoms with Gasteiger partial charge in [-0.1, -0.05) is 11.6 Å². The van der Waals surface area contributed by atoms with Crippen LogP contribution in [0.15, 0.2) is 29.2 Å². The van der Waals surface area contributed by atoms with Crippen LogP contribution in [0.4, 0.5) is 13.2 Å². The summed E-state index contributed by atoms with van der Waals surface area (Å²) in [4.78, 5) is 15.5. The first-order valence-corrected chi connectivity index (χ1v) is 5.74. The Kier molecular flexibility index (Phi) is 3.47. The van der Waals surface area contributed by atoms with Crippen molar-refractivity contribution in [3.63, 3.8) is 0 Å². The molecule has 0 saturated carbocycles. The molecule has 2 heterocycles. The summed E-state index contributed by atoms with van der Waals surface area (Å²) >= 11 is 5.66. The molecule has 2 aromatic heterocycles. The van der Waals surface area contributed by atoms with Gasteiger partial charge in [0, 0.05) is 18.0 Å². The predicted molar refractivity (Wildman–Crippen MR) is 66.2 cm³/mol. The van der Waals surface area contributed by atoms with Gasteiger partial charge in [0.05, 0.1) is 5.69 Å². The van der Waals surface area contributed by atoms with Gasteiger partial charge in [-0.3, -0.25) is 9.36 Å². The van der Waals surface area contributed by atoms with Gasteiger partial charge >= 0.3 is 6.18 Å². The fraction of sp³-hybridized carbons (Fsp3) is 0.167. The van der Waals surface area contributed by atoms with Crippen molar-refractivity contribution in [2.24, 2.45) is 0 Å². The van der Waals surface area contributed by atoms with Gasteiger partial charge in [0.2, 0.25) is 0 Å². The molecule has 20 heavy (non-hydrogen) atoms. The number of aromatic hydroxyl groups is 1. The first-order valence-electron chi connectivity index (χ1n) is 5.36. The zero-order chi connectivity index (χ0) is 15.1. The Labute approximate surface area is 116 Å². The molecule has 2 aromatic rings. The number of nitrogens with zero attached hydrogens (tertiary/aromatic N) is 2. The predicted octanol–water partition coefficient (Wildman–Crippen LogP) is 2.92. The lowest BCUT2D eigenvalue weighted by molar-refractivity contribution is -0.139. The molecule has 4 nitrogen and oxygen atoms in total. The minimum absolute atomic E-state index is 0.0374. The molecule has 106 valence electrons. The largest absolute Gasteiger partial charge is 0.507 e. The van der Waals surface area contributed by atoms with Crippen LogP contribution in [0.5, 0.6) is 5.75 Å². The Bertz CT molecular complexity index is 726. The molecule has 2 rings (SSSR count). The van der Waals surface area contributed by atoms with E-state index in [9.17, 15) is 23.1 Å². The van der Waals surface area contributed by atoms with Gasteiger partial charge in [0.25, 0.3) is 5.56 Å². The van der Waals surface area contributed by atoms with E-state index in [0.717, 1.165) is 11.5 Å². The lowest BCUT2D eigenvalue weighted by Crippen LogP contribution is -2.24. The molecule has 0 bridgehead atoms. The van der Waals surface area contributed by atoms with Crippen LogP contribution in [-0.4, -0.2) is 14.7 Å². The first kappa shape index (κ1) is 14.4. The van der Waals surface area contributed by atoms with Crippen LogP contribution in [0.2, 0.25) is 5.15 Å². The van der Waals surface area contributed by atoms with E-state index in [0.29, 0.717) is 6.07 Å². The highest BCUT2D eigenvalue weighted by Crippen LogP contribution is 2.37. The normalized spacial score (nSPS) is 11.7. The maximum absolute atomic E-state index is 12.9. The molecule has 8 heteroatoms. The zero-order valence-electron chi connectivity index (χ0n) is 10.1. The second kappa shape index (κ2) is 4.82. The van der Waals surface area contributed by atoms with Crippen LogP contribution in [0, 0.1) is 6.92 Å². The van der Waals surface area contributed by atoms with Gasteiger partial charge in [-0.15, -0.1) is 0 Å². The SMILES string of the molecule is Cc1c(C(F)(F)F)c(O)cc(=O)n1-c1ccnc(Cl)c1. The molecular formula is C12H8ClF3N2O2. The Hall–Kier alpha value is -2.02. The Morgan fingerprint density at radius 1 is 1.35 bits per heavy atom. The molecule has 0 unspecified atom stereocenters. The molecule has 1 N–H and O–H groups in total. The van der Waals surface area contributed by atoms with E-state index in [1.54, 1.807) is 0 Å². The molecule has 0 atom stereocenters. The molecule has 0 aliphatic heterocycles. The van der Waals surface area contributed by atoms with Crippen LogP contribution in [-0.2, 0) is 6.18 Å². The lowest BCUT2D eigenvalue weighted by Gasteiger charge is -2.17. The molecule has 0 spiro atoms. The highest BCUT2D eigenvalue weighted by Gasteiger charge is 2.37. The molecule has 0 aromatic carbocycles. The quantitative estimate of drug-likeness (QED) is 0.824. The maximum Gasteiger partial charge on any atom is 0.421 e. The average molecular weight is 305 g/mol. The minimum Gasteiger partial charge on any atom is -0.507 e. The van der Waals surface area contributed by atoms with Gasteiger partial charge < -0.3 is 5.11 Å². The van der Waals surface area contributed by atoms with Crippen LogP contribution in [0.1, 0.15) is 11.3 Å². The van der Waals surface area contributed by atoms with E-state index in [4.69, 9.17) is 11.6 Å². The first-order chi connectivity index (χ1) is 9.21. The van der Waals surface area contributed by atoms with E-state index < -0.39 is 28.7 Å². The Morgan fingerprint density at radius 2 is 2.00 bits per heavy atom. The topological polar surface area (TPSA) is 55.1 Å². The molecule has 0 aliphatic rings. The van der Waals surface area contributed by atoms with Gasteiger partial charge in [-0.25, -0.2) is 4.98 Å². The molecule has 0 fully saturated rings. The Balaban J connectivity index is 2.82. The number of pyridine rings is 2. The van der Waals surface area contributed by atoms with E-state index >= 15 is 0 Å². The zero-order valence-corrected chi connectivity index (χ0v) is 10.8. The molecular weight excluding hydrogens is 297 g/mol. The van der Waals surface area contributed by atoms with Crippen molar-refractivity contribution < 1.29 is 18.3 Å². The second-order valence-corrected chi connectivity index (χ2v) is 4.39. The fourth-order valence-corrected chi connectivity index (χ4v) is 2.09. The summed E-state index contributed by atoms with van der Waals surface area (Å²) < 4.78 is 39.5. The van der Waals surface area contributed by atoms with Crippen molar-refractivity contribution in [3.8, 4) is 11.4 Å². The third kappa shape index (κ3) is 2.49. The van der Waals surface area contributed by atoms with E-state index in [-0.39, 0.29) is 10.8 Å². The van der Waals surface area contributed by atoms with Crippen molar-refractivity contribution in [3.05, 3.63) is 51.2 Å². The third-order valence-corrected chi connectivity index (χ3v) is 2.89. The smallest absolute Gasteiger partial charge is 0.421 e. The Morgan fingerprint density at radius 3 is 2.55 bits per heavy atom. The maximum atomic E-state index is 12.9. The van der Waals surface area contributed by atoms with Gasteiger partial charge in [0.1, 0.15) is 16.5 Å². The van der Waals surface area contributed by atoms with E-state index in [1.165, 1.54) is 18.3 Å². The summed E-state index contributed by atoms with van der Waals surface area (Å²) in [6.45, 7) is 1.10. The number of halogens is 4. The van der Waals surface area contributed by atoms with E-state index in [1.807, 2.05) is 0 Å². The minimum atomic E-state index is -4.78. The van der Waals surface area contributed by atoms with Gasteiger partial charge in [0.15, 0.2) is 0 Å². The lowest BCUT2D eigenvalue weighted by atomic mass is 10.1. The highest BCUT2D eigenvalue weighted by molar-refractivity contribution is 6.29. The standard InChI is InChI=1S/C12H8ClF3N2O2/c1-6-11(12(14,15)16)8(19)5-10(20)18(6)7-2-3-17-9(13)4-7/h2-5,19H,1H3. The van der Waals surface area contributed by atoms with Crippen LogP contribution in [0.25, 0.3) is 5.69 Å². The molecule has 0 amide bonds. The fourth-order valence-electron chi connectivity index (χ4n) is 1.92. The number of alkyl halides is 3. The second-order valence-electron chi connectivity index (χ2n) is 4.00. The van der Waals surface area contributed by atoms with E-state index in [2.05, 4.69) is 4.98 Å². The summed E-state index contributed by atoms with van der Waals surface area (Å²) in [6, 6.07) is 3.12. The number of hydrogen-bond acceptors (Lipinski definition) is 3. The number of hydrogen-bond donors (Lipinski definition) is 1. The average Bonchev–Trinajstić information content (AvgIpc) is 2.25. The summed E-state index contributed by atoms with van der Waals surface area (Å²) in [5, 5.41) is 9.40. The van der Waals surface area contributed by atoms with Crippen LogP contribution in [0.3, 0.4) is 0 Å². The third-order valence-electron chi connectivity index (χ3n) is 2.69. The van der Waals surface area contributed by atoms with Gasteiger partial charge in [-0.05, 0) is 19.1 Å². The highest BCUT2D eigenvalue weighted by atomic mass is 35.5. The number of aromatic nitrogens is 2. The summed E-state index contributed by atoms with van der Waals surface area (Å²) in [5.41, 5.74) is -2.34. The monoisotopic (exact) mass is 304 g/mol. The van der Waals surface area contributed by atoms with Crippen LogP contribution >= 0.6 is 11.6 Å².